The summed E-state index contributed by atoms with van der Waals surface area (Å²) in [6.45, 7) is 4.15. The Bertz CT molecular complexity index is 284. The van der Waals surface area contributed by atoms with Crippen molar-refractivity contribution in [1.82, 2.24) is 14.8 Å². The van der Waals surface area contributed by atoms with Crippen molar-refractivity contribution in [1.29, 1.82) is 0 Å². The molecule has 5 heteroatoms. The zero-order valence-corrected chi connectivity index (χ0v) is 8.88. The minimum Gasteiger partial charge on any atom is -0.383 e. The molecule has 0 saturated carbocycles. The van der Waals surface area contributed by atoms with Crippen LogP contribution in [0.3, 0.4) is 0 Å². The Labute approximate surface area is 83.9 Å². The van der Waals surface area contributed by atoms with Crippen LogP contribution in [0.1, 0.15) is 32.2 Å². The van der Waals surface area contributed by atoms with Crippen molar-refractivity contribution in [3.8, 4) is 0 Å². The standard InChI is InChI=1S/C9H18N4O/c1-6(2)4-7(10)8(14)9-11-5-12-13(9)3/h5-8,14H,4,10H2,1-3H3/t7?,8-/m1/s1. The zero-order chi connectivity index (χ0) is 10.7. The van der Waals surface area contributed by atoms with E-state index in [9.17, 15) is 5.11 Å². The molecule has 1 rings (SSSR count). The van der Waals surface area contributed by atoms with Crippen LogP contribution in [-0.2, 0) is 7.05 Å². The second-order valence-electron chi connectivity index (χ2n) is 3.98. The van der Waals surface area contributed by atoms with Crippen LogP contribution in [-0.4, -0.2) is 25.9 Å². The van der Waals surface area contributed by atoms with Crippen LogP contribution >= 0.6 is 0 Å². The van der Waals surface area contributed by atoms with Crippen LogP contribution in [0.2, 0.25) is 0 Å². The van der Waals surface area contributed by atoms with Crippen molar-refractivity contribution in [2.24, 2.45) is 18.7 Å². The lowest BCUT2D eigenvalue weighted by Gasteiger charge is -2.19. The van der Waals surface area contributed by atoms with Crippen molar-refractivity contribution in [3.05, 3.63) is 12.2 Å². The highest BCUT2D eigenvalue weighted by atomic mass is 16.3. The number of nitrogens with two attached hydrogens (primary N) is 1. The van der Waals surface area contributed by atoms with Crippen LogP contribution in [0.4, 0.5) is 0 Å². The van der Waals surface area contributed by atoms with E-state index in [4.69, 9.17) is 5.73 Å². The summed E-state index contributed by atoms with van der Waals surface area (Å²) in [4.78, 5) is 3.97. The Balaban J connectivity index is 2.65. The number of hydrogen-bond acceptors (Lipinski definition) is 4. The van der Waals surface area contributed by atoms with Gasteiger partial charge in [0.2, 0.25) is 0 Å². The van der Waals surface area contributed by atoms with Crippen LogP contribution < -0.4 is 5.73 Å². The molecule has 5 nitrogen and oxygen atoms in total. The Morgan fingerprint density at radius 3 is 2.64 bits per heavy atom. The minimum atomic E-state index is -0.732. The van der Waals surface area contributed by atoms with Gasteiger partial charge >= 0.3 is 0 Å². The van der Waals surface area contributed by atoms with Gasteiger partial charge in [0, 0.05) is 13.1 Å². The lowest BCUT2D eigenvalue weighted by molar-refractivity contribution is 0.123. The Kier molecular flexibility index (Phi) is 3.60. The molecule has 2 atom stereocenters. The van der Waals surface area contributed by atoms with Gasteiger partial charge in [-0.1, -0.05) is 13.8 Å². The maximum atomic E-state index is 9.86. The summed E-state index contributed by atoms with van der Waals surface area (Å²) < 4.78 is 1.55. The van der Waals surface area contributed by atoms with E-state index in [1.54, 1.807) is 11.7 Å². The van der Waals surface area contributed by atoms with Crippen molar-refractivity contribution >= 4 is 0 Å². The fraction of sp³-hybridized carbons (Fsp3) is 0.778. The SMILES string of the molecule is CC(C)CC(N)[C@@H](O)c1ncnn1C. The predicted octanol–water partition coefficient (Wildman–Crippen LogP) is 0.222. The molecule has 0 radical (unpaired) electrons. The molecule has 3 N–H and O–H groups in total. The summed E-state index contributed by atoms with van der Waals surface area (Å²) in [5.74, 6) is 0.992. The smallest absolute Gasteiger partial charge is 0.157 e. The maximum absolute atomic E-state index is 9.86. The van der Waals surface area contributed by atoms with Gasteiger partial charge in [-0.25, -0.2) is 4.98 Å². The van der Waals surface area contributed by atoms with Gasteiger partial charge in [-0.15, -0.1) is 0 Å². The highest BCUT2D eigenvalue weighted by Crippen LogP contribution is 2.17. The lowest BCUT2D eigenvalue weighted by Crippen LogP contribution is -2.31. The molecule has 1 unspecified atom stereocenters. The van der Waals surface area contributed by atoms with E-state index < -0.39 is 6.10 Å². The first-order valence-corrected chi connectivity index (χ1v) is 4.80. The third-order valence-electron chi connectivity index (χ3n) is 2.16. The number of nitrogens with zero attached hydrogens (tertiary/aromatic N) is 3. The largest absolute Gasteiger partial charge is 0.383 e. The van der Waals surface area contributed by atoms with Gasteiger partial charge in [0.05, 0.1) is 0 Å². The van der Waals surface area contributed by atoms with Crippen LogP contribution in [0.25, 0.3) is 0 Å². The molecule has 0 bridgehead atoms. The molecule has 1 aromatic heterocycles. The summed E-state index contributed by atoms with van der Waals surface area (Å²) in [5, 5.41) is 13.7. The molecule has 0 amide bonds. The molecular weight excluding hydrogens is 180 g/mol. The molecule has 80 valence electrons. The first-order valence-electron chi connectivity index (χ1n) is 4.80. The first-order chi connectivity index (χ1) is 6.52. The molecule has 0 saturated heterocycles. The van der Waals surface area contributed by atoms with Crippen LogP contribution in [0.15, 0.2) is 6.33 Å². The number of aromatic nitrogens is 3. The van der Waals surface area contributed by atoms with Crippen molar-refractivity contribution in [2.45, 2.75) is 32.4 Å². The number of aliphatic hydroxyl groups is 1. The molecule has 1 aromatic rings. The predicted molar refractivity (Wildman–Crippen MR) is 53.4 cm³/mol. The van der Waals surface area contributed by atoms with Crippen LogP contribution in [0, 0.1) is 5.92 Å². The Morgan fingerprint density at radius 2 is 2.21 bits per heavy atom. The van der Waals surface area contributed by atoms with E-state index in [0.29, 0.717) is 11.7 Å². The summed E-state index contributed by atoms with van der Waals surface area (Å²) >= 11 is 0. The van der Waals surface area contributed by atoms with Gasteiger partial charge in [-0.05, 0) is 12.3 Å². The zero-order valence-electron chi connectivity index (χ0n) is 8.88. The maximum Gasteiger partial charge on any atom is 0.157 e. The summed E-state index contributed by atoms with van der Waals surface area (Å²) in [7, 11) is 1.74. The molecular formula is C9H18N4O. The molecule has 0 spiro atoms. The fourth-order valence-electron chi connectivity index (χ4n) is 1.44. The summed E-state index contributed by atoms with van der Waals surface area (Å²) in [6.07, 6.45) is 1.46. The normalized spacial score (nSPS) is 15.9. The van der Waals surface area contributed by atoms with Crippen molar-refractivity contribution < 1.29 is 5.11 Å². The van der Waals surface area contributed by atoms with Gasteiger partial charge in [-0.3, -0.25) is 4.68 Å². The summed E-state index contributed by atoms with van der Waals surface area (Å²) in [6, 6.07) is -0.280. The van der Waals surface area contributed by atoms with Gasteiger partial charge in [-0.2, -0.15) is 5.10 Å². The van der Waals surface area contributed by atoms with Gasteiger partial charge in [0.15, 0.2) is 5.82 Å². The van der Waals surface area contributed by atoms with E-state index in [2.05, 4.69) is 23.9 Å². The minimum absolute atomic E-state index is 0.280. The molecule has 14 heavy (non-hydrogen) atoms. The van der Waals surface area contributed by atoms with Gasteiger partial charge in [0.25, 0.3) is 0 Å². The average molecular weight is 198 g/mol. The lowest BCUT2D eigenvalue weighted by atomic mass is 10.00. The third kappa shape index (κ3) is 2.52. The number of hydrogen-bond donors (Lipinski definition) is 2. The fourth-order valence-corrected chi connectivity index (χ4v) is 1.44. The molecule has 0 aliphatic rings. The van der Waals surface area contributed by atoms with Crippen molar-refractivity contribution in [2.75, 3.05) is 0 Å². The van der Waals surface area contributed by atoms with E-state index in [1.807, 2.05) is 0 Å². The number of rotatable bonds is 4. The topological polar surface area (TPSA) is 77.0 Å². The quantitative estimate of drug-likeness (QED) is 0.725. The van der Waals surface area contributed by atoms with Crippen molar-refractivity contribution in [3.63, 3.8) is 0 Å². The number of aliphatic hydroxyl groups excluding tert-OH is 1. The second-order valence-corrected chi connectivity index (χ2v) is 3.98. The highest BCUT2D eigenvalue weighted by Gasteiger charge is 2.21. The van der Waals surface area contributed by atoms with E-state index >= 15 is 0 Å². The van der Waals surface area contributed by atoms with E-state index in [-0.39, 0.29) is 6.04 Å². The molecule has 0 fully saturated rings. The first kappa shape index (κ1) is 11.1. The van der Waals surface area contributed by atoms with Gasteiger partial charge < -0.3 is 10.8 Å². The van der Waals surface area contributed by atoms with E-state index in [1.165, 1.54) is 6.33 Å². The number of aryl methyl sites for hydroxylation is 1. The average Bonchev–Trinajstić information content (AvgIpc) is 2.48. The monoisotopic (exact) mass is 198 g/mol. The molecule has 1 heterocycles. The van der Waals surface area contributed by atoms with E-state index in [0.717, 1.165) is 6.42 Å². The molecule has 0 aromatic carbocycles. The molecule has 0 aliphatic heterocycles. The molecule has 0 aliphatic carbocycles. The highest BCUT2D eigenvalue weighted by molar-refractivity contribution is 4.94. The van der Waals surface area contributed by atoms with Gasteiger partial charge in [0.1, 0.15) is 12.4 Å². The second kappa shape index (κ2) is 4.52. The third-order valence-corrected chi connectivity index (χ3v) is 2.16. The summed E-state index contributed by atoms with van der Waals surface area (Å²) in [5.41, 5.74) is 5.85. The Morgan fingerprint density at radius 1 is 1.57 bits per heavy atom. The Hall–Kier alpha value is -0.940. The van der Waals surface area contributed by atoms with Crippen LogP contribution in [0.5, 0.6) is 0 Å².